The zero-order valence-corrected chi connectivity index (χ0v) is 12.4. The van der Waals surface area contributed by atoms with Crippen molar-refractivity contribution in [1.82, 2.24) is 0 Å². The van der Waals surface area contributed by atoms with Gasteiger partial charge in [-0.15, -0.1) is 0 Å². The summed E-state index contributed by atoms with van der Waals surface area (Å²) >= 11 is 9.12. The summed E-state index contributed by atoms with van der Waals surface area (Å²) in [5.74, 6) is -0.737. The highest BCUT2D eigenvalue weighted by molar-refractivity contribution is 9.10. The maximum Gasteiger partial charge on any atom is 0.137 e. The summed E-state index contributed by atoms with van der Waals surface area (Å²) in [6.07, 6.45) is 0. The van der Waals surface area contributed by atoms with E-state index in [-0.39, 0.29) is 16.7 Å². The van der Waals surface area contributed by atoms with Crippen LogP contribution in [0.3, 0.4) is 0 Å². The Morgan fingerprint density at radius 2 is 1.84 bits per heavy atom. The van der Waals surface area contributed by atoms with Crippen LogP contribution in [0.2, 0.25) is 5.02 Å². The van der Waals surface area contributed by atoms with Gasteiger partial charge in [-0.25, -0.2) is 8.78 Å². The normalized spacial score (nSPS) is 12.5. The molecule has 2 N–H and O–H groups in total. The fourth-order valence-corrected chi connectivity index (χ4v) is 2.47. The van der Waals surface area contributed by atoms with Crippen molar-refractivity contribution in [1.29, 1.82) is 0 Å². The molecule has 0 spiro atoms. The fraction of sp³-hybridized carbons (Fsp3) is 0.143. The van der Waals surface area contributed by atoms with Gasteiger partial charge in [-0.3, -0.25) is 0 Å². The van der Waals surface area contributed by atoms with Crippen LogP contribution in [0.15, 0.2) is 34.8 Å². The molecule has 0 heterocycles. The first-order valence-electron chi connectivity index (χ1n) is 5.56. The maximum atomic E-state index is 13.4. The molecule has 1 unspecified atom stereocenters. The molecule has 0 bridgehead atoms. The van der Waals surface area contributed by atoms with Crippen molar-refractivity contribution in [2.45, 2.75) is 13.0 Å². The van der Waals surface area contributed by atoms with Crippen molar-refractivity contribution in [3.8, 4) is 0 Å². The second-order valence-electron chi connectivity index (χ2n) is 4.27. The topological polar surface area (TPSA) is 26.0 Å². The van der Waals surface area contributed by atoms with E-state index in [0.717, 1.165) is 0 Å². The minimum absolute atomic E-state index is 0.260. The molecule has 2 aromatic carbocycles. The Kier molecular flexibility index (Phi) is 4.23. The highest BCUT2D eigenvalue weighted by Crippen LogP contribution is 2.30. The number of hydrogen-bond donors (Lipinski definition) is 1. The van der Waals surface area contributed by atoms with Gasteiger partial charge in [0, 0.05) is 5.02 Å². The molecule has 100 valence electrons. The molecule has 0 aliphatic heterocycles. The van der Waals surface area contributed by atoms with Crippen LogP contribution in [0.25, 0.3) is 0 Å². The molecule has 0 aliphatic carbocycles. The second-order valence-corrected chi connectivity index (χ2v) is 5.54. The number of rotatable bonds is 2. The van der Waals surface area contributed by atoms with Crippen LogP contribution in [0.1, 0.15) is 22.7 Å². The zero-order valence-electron chi connectivity index (χ0n) is 10.1. The molecule has 2 aromatic rings. The Bertz CT molecular complexity index is 631. The SMILES string of the molecule is Cc1cc(C(N)c2ccc(F)c(Br)c2)c(Cl)cc1F. The van der Waals surface area contributed by atoms with Crippen LogP contribution in [0.4, 0.5) is 8.78 Å². The van der Waals surface area contributed by atoms with E-state index >= 15 is 0 Å². The third-order valence-electron chi connectivity index (χ3n) is 2.92. The van der Waals surface area contributed by atoms with Gasteiger partial charge in [-0.1, -0.05) is 17.7 Å². The third kappa shape index (κ3) is 2.96. The Morgan fingerprint density at radius 3 is 2.47 bits per heavy atom. The van der Waals surface area contributed by atoms with Crippen molar-refractivity contribution in [2.24, 2.45) is 5.73 Å². The second kappa shape index (κ2) is 5.57. The molecular formula is C14H11BrClF2N. The number of halogens is 4. The lowest BCUT2D eigenvalue weighted by Crippen LogP contribution is -2.13. The summed E-state index contributed by atoms with van der Waals surface area (Å²) in [6.45, 7) is 1.64. The molecule has 5 heteroatoms. The van der Waals surface area contributed by atoms with Gasteiger partial charge < -0.3 is 5.73 Å². The number of nitrogens with two attached hydrogens (primary N) is 1. The van der Waals surface area contributed by atoms with Gasteiger partial charge in [0.25, 0.3) is 0 Å². The largest absolute Gasteiger partial charge is 0.320 e. The predicted molar refractivity (Wildman–Crippen MR) is 76.3 cm³/mol. The van der Waals surface area contributed by atoms with Crippen LogP contribution < -0.4 is 5.73 Å². The first kappa shape index (κ1) is 14.4. The predicted octanol–water partition coefficient (Wildman–Crippen LogP) is 4.74. The van der Waals surface area contributed by atoms with Gasteiger partial charge in [0.05, 0.1) is 10.5 Å². The zero-order chi connectivity index (χ0) is 14.2. The minimum Gasteiger partial charge on any atom is -0.320 e. The van der Waals surface area contributed by atoms with Crippen molar-refractivity contribution >= 4 is 27.5 Å². The molecule has 0 aromatic heterocycles. The smallest absolute Gasteiger partial charge is 0.137 e. The van der Waals surface area contributed by atoms with Crippen molar-refractivity contribution < 1.29 is 8.78 Å². The van der Waals surface area contributed by atoms with Crippen molar-refractivity contribution in [3.63, 3.8) is 0 Å². The monoisotopic (exact) mass is 345 g/mol. The summed E-state index contributed by atoms with van der Waals surface area (Å²) in [7, 11) is 0. The van der Waals surface area contributed by atoms with Gasteiger partial charge in [-0.05, 0) is 63.8 Å². The lowest BCUT2D eigenvalue weighted by atomic mass is 9.98. The van der Waals surface area contributed by atoms with Crippen molar-refractivity contribution in [3.05, 3.63) is 68.2 Å². The van der Waals surface area contributed by atoms with E-state index in [1.54, 1.807) is 25.1 Å². The van der Waals surface area contributed by atoms with Gasteiger partial charge in [0.2, 0.25) is 0 Å². The standard InChI is InChI=1S/C14H11BrClF2N/c1-7-4-9(11(16)6-13(7)18)14(19)8-2-3-12(17)10(15)5-8/h2-6,14H,19H2,1H3. The average Bonchev–Trinajstić information content (AvgIpc) is 2.36. The first-order valence-corrected chi connectivity index (χ1v) is 6.73. The molecule has 1 atom stereocenters. The summed E-state index contributed by atoms with van der Waals surface area (Å²) in [5.41, 5.74) is 7.88. The van der Waals surface area contributed by atoms with Crippen LogP contribution in [-0.2, 0) is 0 Å². The quantitative estimate of drug-likeness (QED) is 0.835. The van der Waals surface area contributed by atoms with Gasteiger partial charge in [-0.2, -0.15) is 0 Å². The molecule has 0 fully saturated rings. The van der Waals surface area contributed by atoms with E-state index in [1.807, 2.05) is 0 Å². The van der Waals surface area contributed by atoms with Gasteiger partial charge in [0.15, 0.2) is 0 Å². The van der Waals surface area contributed by atoms with E-state index in [9.17, 15) is 8.78 Å². The van der Waals surface area contributed by atoms with E-state index in [2.05, 4.69) is 15.9 Å². The van der Waals surface area contributed by atoms with Crippen LogP contribution >= 0.6 is 27.5 Å². The number of aryl methyl sites for hydroxylation is 1. The maximum absolute atomic E-state index is 13.4. The van der Waals surface area contributed by atoms with Crippen LogP contribution in [0, 0.1) is 18.6 Å². The summed E-state index contributed by atoms with van der Waals surface area (Å²) in [5, 5.41) is 0.260. The summed E-state index contributed by atoms with van der Waals surface area (Å²) < 4.78 is 26.9. The van der Waals surface area contributed by atoms with Crippen molar-refractivity contribution in [2.75, 3.05) is 0 Å². The Hall–Kier alpha value is -0.970. The van der Waals surface area contributed by atoms with E-state index in [4.69, 9.17) is 17.3 Å². The molecule has 2 rings (SSSR count). The third-order valence-corrected chi connectivity index (χ3v) is 3.85. The molecule has 19 heavy (non-hydrogen) atoms. The van der Waals surface area contributed by atoms with Gasteiger partial charge in [0.1, 0.15) is 11.6 Å². The van der Waals surface area contributed by atoms with E-state index < -0.39 is 6.04 Å². The van der Waals surface area contributed by atoms with Crippen LogP contribution in [-0.4, -0.2) is 0 Å². The molecule has 0 saturated heterocycles. The number of hydrogen-bond acceptors (Lipinski definition) is 1. The highest BCUT2D eigenvalue weighted by Gasteiger charge is 2.16. The van der Waals surface area contributed by atoms with E-state index in [1.165, 1.54) is 12.1 Å². The minimum atomic E-state index is -0.538. The molecule has 0 radical (unpaired) electrons. The van der Waals surface area contributed by atoms with Gasteiger partial charge >= 0.3 is 0 Å². The van der Waals surface area contributed by atoms with E-state index in [0.29, 0.717) is 21.2 Å². The van der Waals surface area contributed by atoms with Crippen LogP contribution in [0.5, 0.6) is 0 Å². The summed E-state index contributed by atoms with van der Waals surface area (Å²) in [4.78, 5) is 0. The molecular weight excluding hydrogens is 336 g/mol. The summed E-state index contributed by atoms with van der Waals surface area (Å²) in [6, 6.07) is 6.81. The molecule has 1 nitrogen and oxygen atoms in total. The number of benzene rings is 2. The average molecular weight is 347 g/mol. The highest BCUT2D eigenvalue weighted by atomic mass is 79.9. The molecule has 0 amide bonds. The fourth-order valence-electron chi connectivity index (χ4n) is 1.80. The molecule has 0 saturated carbocycles. The molecule has 0 aliphatic rings. The lowest BCUT2D eigenvalue weighted by Gasteiger charge is -2.16. The Morgan fingerprint density at radius 1 is 1.16 bits per heavy atom. The Balaban J connectivity index is 2.46. The lowest BCUT2D eigenvalue weighted by molar-refractivity contribution is 0.616. The Labute approximate surface area is 123 Å². The first-order chi connectivity index (χ1) is 8.90.